The second-order valence-corrected chi connectivity index (χ2v) is 4.69. The number of aromatic amines is 1. The van der Waals surface area contributed by atoms with Crippen LogP contribution in [0.2, 0.25) is 0 Å². The number of hydrogen-bond acceptors (Lipinski definition) is 4. The van der Waals surface area contributed by atoms with Crippen molar-refractivity contribution in [3.63, 3.8) is 0 Å². The second kappa shape index (κ2) is 4.62. The number of benzene rings is 1. The summed E-state index contributed by atoms with van der Waals surface area (Å²) in [4.78, 5) is 1.11. The van der Waals surface area contributed by atoms with Crippen molar-refractivity contribution in [2.45, 2.75) is 0 Å². The summed E-state index contributed by atoms with van der Waals surface area (Å²) < 4.78 is 5.15. The third-order valence-corrected chi connectivity index (χ3v) is 3.56. The minimum atomic E-state index is 0.837. The Morgan fingerprint density at radius 3 is 2.67 bits per heavy atom. The van der Waals surface area contributed by atoms with Gasteiger partial charge in [-0.1, -0.05) is 11.3 Å². The Morgan fingerprint density at radius 2 is 2.00 bits per heavy atom. The predicted molar refractivity (Wildman–Crippen MR) is 71.7 cm³/mol. The first-order valence-electron chi connectivity index (χ1n) is 5.48. The van der Waals surface area contributed by atoms with Crippen molar-refractivity contribution < 1.29 is 4.74 Å². The number of hydrogen-bond donors (Lipinski definition) is 1. The predicted octanol–water partition coefficient (Wildman–Crippen LogP) is 3.21. The van der Waals surface area contributed by atoms with Crippen molar-refractivity contribution in [2.75, 3.05) is 7.11 Å². The molecule has 0 bridgehead atoms. The van der Waals surface area contributed by atoms with E-state index in [1.165, 1.54) is 0 Å². The summed E-state index contributed by atoms with van der Waals surface area (Å²) in [6, 6.07) is 11.9. The van der Waals surface area contributed by atoms with E-state index in [0.717, 1.165) is 27.6 Å². The zero-order valence-electron chi connectivity index (χ0n) is 9.75. The van der Waals surface area contributed by atoms with Gasteiger partial charge in [-0.05, 0) is 35.7 Å². The van der Waals surface area contributed by atoms with E-state index in [1.54, 1.807) is 18.4 Å². The van der Waals surface area contributed by atoms with Crippen LogP contribution in [-0.4, -0.2) is 22.5 Å². The summed E-state index contributed by atoms with van der Waals surface area (Å²) >= 11 is 1.65. The molecular weight excluding hydrogens is 246 g/mol. The lowest BCUT2D eigenvalue weighted by Gasteiger charge is -2.02. The SMILES string of the molecule is COc1ccc(-c2[nH]nnc2-c2cccs2)cc1. The Balaban J connectivity index is 2.04. The lowest BCUT2D eigenvalue weighted by molar-refractivity contribution is 0.415. The number of H-pyrrole nitrogens is 1. The van der Waals surface area contributed by atoms with Crippen LogP contribution in [0.4, 0.5) is 0 Å². The van der Waals surface area contributed by atoms with E-state index in [1.807, 2.05) is 41.8 Å². The largest absolute Gasteiger partial charge is 0.497 e. The van der Waals surface area contributed by atoms with Gasteiger partial charge in [0.05, 0.1) is 17.7 Å². The first-order valence-corrected chi connectivity index (χ1v) is 6.36. The molecule has 1 N–H and O–H groups in total. The zero-order valence-corrected chi connectivity index (χ0v) is 10.6. The number of ether oxygens (including phenoxy) is 1. The van der Waals surface area contributed by atoms with E-state index in [4.69, 9.17) is 4.74 Å². The van der Waals surface area contributed by atoms with Crippen molar-refractivity contribution in [1.29, 1.82) is 0 Å². The molecular formula is C13H11N3OS. The van der Waals surface area contributed by atoms with Crippen LogP contribution in [0.3, 0.4) is 0 Å². The van der Waals surface area contributed by atoms with Gasteiger partial charge in [-0.2, -0.15) is 0 Å². The number of thiophene rings is 1. The summed E-state index contributed by atoms with van der Waals surface area (Å²) in [7, 11) is 1.66. The molecule has 18 heavy (non-hydrogen) atoms. The molecule has 3 aromatic rings. The molecule has 2 aromatic heterocycles. The smallest absolute Gasteiger partial charge is 0.130 e. The molecule has 0 aliphatic rings. The molecule has 0 atom stereocenters. The van der Waals surface area contributed by atoms with Crippen LogP contribution >= 0.6 is 11.3 Å². The van der Waals surface area contributed by atoms with Gasteiger partial charge in [0.1, 0.15) is 11.4 Å². The Bertz CT molecular complexity index is 629. The highest BCUT2D eigenvalue weighted by Gasteiger charge is 2.12. The van der Waals surface area contributed by atoms with Crippen molar-refractivity contribution in [3.8, 4) is 27.6 Å². The monoisotopic (exact) mass is 257 g/mol. The molecule has 3 rings (SSSR count). The average Bonchev–Trinajstić information content (AvgIpc) is 3.09. The van der Waals surface area contributed by atoms with Crippen LogP contribution in [0.15, 0.2) is 41.8 Å². The van der Waals surface area contributed by atoms with Gasteiger partial charge in [-0.3, -0.25) is 5.10 Å². The topological polar surface area (TPSA) is 50.8 Å². The molecule has 0 amide bonds. The lowest BCUT2D eigenvalue weighted by atomic mass is 10.1. The Kier molecular flexibility index (Phi) is 2.82. The first kappa shape index (κ1) is 11.0. The molecule has 0 radical (unpaired) electrons. The molecule has 5 heteroatoms. The minimum absolute atomic E-state index is 0.837. The minimum Gasteiger partial charge on any atom is -0.497 e. The molecule has 0 saturated heterocycles. The third-order valence-electron chi connectivity index (χ3n) is 2.68. The van der Waals surface area contributed by atoms with E-state index < -0.39 is 0 Å². The highest BCUT2D eigenvalue weighted by atomic mass is 32.1. The summed E-state index contributed by atoms with van der Waals surface area (Å²) in [5, 5.41) is 13.0. The molecule has 2 heterocycles. The van der Waals surface area contributed by atoms with E-state index in [-0.39, 0.29) is 0 Å². The molecule has 90 valence electrons. The van der Waals surface area contributed by atoms with E-state index in [0.29, 0.717) is 0 Å². The number of rotatable bonds is 3. The average molecular weight is 257 g/mol. The normalized spacial score (nSPS) is 10.5. The van der Waals surface area contributed by atoms with Crippen LogP contribution in [0.5, 0.6) is 5.75 Å². The van der Waals surface area contributed by atoms with Crippen molar-refractivity contribution in [1.82, 2.24) is 15.4 Å². The molecule has 0 aliphatic heterocycles. The van der Waals surface area contributed by atoms with Crippen molar-refractivity contribution in [3.05, 3.63) is 41.8 Å². The number of nitrogens with zero attached hydrogens (tertiary/aromatic N) is 2. The van der Waals surface area contributed by atoms with Gasteiger partial charge in [0.25, 0.3) is 0 Å². The zero-order chi connectivity index (χ0) is 12.4. The van der Waals surface area contributed by atoms with Gasteiger partial charge in [-0.25, -0.2) is 0 Å². The maximum Gasteiger partial charge on any atom is 0.130 e. The highest BCUT2D eigenvalue weighted by molar-refractivity contribution is 7.13. The first-order chi connectivity index (χ1) is 8.88. The van der Waals surface area contributed by atoms with Gasteiger partial charge in [-0.15, -0.1) is 16.4 Å². The van der Waals surface area contributed by atoms with Gasteiger partial charge in [0.2, 0.25) is 0 Å². The summed E-state index contributed by atoms with van der Waals surface area (Å²) in [6.45, 7) is 0. The fourth-order valence-electron chi connectivity index (χ4n) is 1.77. The number of methoxy groups -OCH3 is 1. The molecule has 0 aliphatic carbocycles. The second-order valence-electron chi connectivity index (χ2n) is 3.74. The Labute approximate surface area is 108 Å². The summed E-state index contributed by atoms with van der Waals surface area (Å²) in [5.74, 6) is 0.837. The molecule has 1 aromatic carbocycles. The molecule has 0 fully saturated rings. The standard InChI is InChI=1S/C13H11N3OS/c1-17-10-6-4-9(5-7-10)12-13(15-16-14-12)11-3-2-8-18-11/h2-8H,1H3,(H,14,15,16). The molecule has 4 nitrogen and oxygen atoms in total. The van der Waals surface area contributed by atoms with Crippen LogP contribution in [0.1, 0.15) is 0 Å². The molecule has 0 spiro atoms. The Morgan fingerprint density at radius 1 is 1.17 bits per heavy atom. The highest BCUT2D eigenvalue weighted by Crippen LogP contribution is 2.31. The molecule has 0 unspecified atom stereocenters. The quantitative estimate of drug-likeness (QED) is 0.783. The third kappa shape index (κ3) is 1.89. The van der Waals surface area contributed by atoms with Crippen LogP contribution in [0, 0.1) is 0 Å². The van der Waals surface area contributed by atoms with Gasteiger partial charge >= 0.3 is 0 Å². The summed E-state index contributed by atoms with van der Waals surface area (Å²) in [5.41, 5.74) is 2.86. The fraction of sp³-hybridized carbons (Fsp3) is 0.0769. The fourth-order valence-corrected chi connectivity index (χ4v) is 2.49. The Hall–Kier alpha value is -2.14. The van der Waals surface area contributed by atoms with Crippen LogP contribution in [0.25, 0.3) is 21.8 Å². The molecule has 0 saturated carbocycles. The maximum atomic E-state index is 5.15. The summed E-state index contributed by atoms with van der Waals surface area (Å²) in [6.07, 6.45) is 0. The van der Waals surface area contributed by atoms with Gasteiger partial charge in [0, 0.05) is 5.56 Å². The number of aromatic nitrogens is 3. The maximum absolute atomic E-state index is 5.15. The van der Waals surface area contributed by atoms with Crippen molar-refractivity contribution in [2.24, 2.45) is 0 Å². The van der Waals surface area contributed by atoms with E-state index >= 15 is 0 Å². The number of nitrogens with one attached hydrogen (secondary N) is 1. The van der Waals surface area contributed by atoms with Crippen molar-refractivity contribution >= 4 is 11.3 Å². The van der Waals surface area contributed by atoms with Gasteiger partial charge in [0.15, 0.2) is 0 Å². The van der Waals surface area contributed by atoms with Crippen LogP contribution in [-0.2, 0) is 0 Å². The van der Waals surface area contributed by atoms with Gasteiger partial charge < -0.3 is 4.74 Å². The lowest BCUT2D eigenvalue weighted by Crippen LogP contribution is -1.84. The van der Waals surface area contributed by atoms with E-state index in [2.05, 4.69) is 15.4 Å². The van der Waals surface area contributed by atoms with E-state index in [9.17, 15) is 0 Å². The van der Waals surface area contributed by atoms with Crippen LogP contribution < -0.4 is 4.74 Å².